The third kappa shape index (κ3) is 1.75. The van der Waals surface area contributed by atoms with Crippen LogP contribution in [-0.2, 0) is 9.59 Å². The lowest BCUT2D eigenvalue weighted by Gasteiger charge is -2.29. The second-order valence-corrected chi connectivity index (χ2v) is 3.87. The van der Waals surface area contributed by atoms with Crippen LogP contribution in [0.5, 0.6) is 0 Å². The Labute approximate surface area is 95.5 Å². The summed E-state index contributed by atoms with van der Waals surface area (Å²) in [5.41, 5.74) is -0.160. The van der Waals surface area contributed by atoms with E-state index in [0.717, 1.165) is 11.0 Å². The number of fused-ring (bicyclic) bond motifs is 1. The summed E-state index contributed by atoms with van der Waals surface area (Å²) >= 11 is 0. The zero-order valence-corrected chi connectivity index (χ0v) is 8.91. The summed E-state index contributed by atoms with van der Waals surface area (Å²) in [6, 6.07) is 1.59. The third-order valence-electron chi connectivity index (χ3n) is 2.82. The predicted octanol–water partition coefficient (Wildman–Crippen LogP) is 1.50. The van der Waals surface area contributed by atoms with Crippen molar-refractivity contribution in [2.75, 3.05) is 11.9 Å². The molecule has 0 unspecified atom stereocenters. The van der Waals surface area contributed by atoms with Crippen LogP contribution in [0.3, 0.4) is 0 Å². The minimum atomic E-state index is -1.27. The fourth-order valence-electron chi connectivity index (χ4n) is 1.97. The number of carboxylic acid groups (broad SMARTS) is 1. The number of carbonyl (C=O) groups excluding carboxylic acids is 1. The van der Waals surface area contributed by atoms with Crippen molar-refractivity contribution in [2.24, 2.45) is 0 Å². The lowest BCUT2D eigenvalue weighted by atomic mass is 9.89. The number of hydrogen-bond acceptors (Lipinski definition) is 2. The molecule has 2 rings (SSSR count). The number of anilines is 1. The van der Waals surface area contributed by atoms with Gasteiger partial charge in [-0.05, 0) is 11.6 Å². The molecule has 6 heteroatoms. The van der Waals surface area contributed by atoms with Gasteiger partial charge in [-0.2, -0.15) is 0 Å². The third-order valence-corrected chi connectivity index (χ3v) is 2.82. The van der Waals surface area contributed by atoms with Crippen molar-refractivity contribution in [1.82, 2.24) is 0 Å². The highest BCUT2D eigenvalue weighted by molar-refractivity contribution is 6.01. The Kier molecular flexibility index (Phi) is 2.57. The van der Waals surface area contributed by atoms with Crippen molar-refractivity contribution in [3.63, 3.8) is 0 Å². The van der Waals surface area contributed by atoms with Gasteiger partial charge >= 0.3 is 5.97 Å². The number of halogens is 2. The first-order chi connectivity index (χ1) is 7.91. The van der Waals surface area contributed by atoms with E-state index in [-0.39, 0.29) is 17.7 Å². The molecule has 0 bridgehead atoms. The van der Waals surface area contributed by atoms with Gasteiger partial charge in [0.25, 0.3) is 0 Å². The number of hydrogen-bond donors (Lipinski definition) is 1. The van der Waals surface area contributed by atoms with Crippen molar-refractivity contribution >= 4 is 17.6 Å². The molecule has 1 heterocycles. The van der Waals surface area contributed by atoms with Crippen molar-refractivity contribution in [3.05, 3.63) is 29.3 Å². The van der Waals surface area contributed by atoms with E-state index < -0.39 is 29.4 Å². The van der Waals surface area contributed by atoms with E-state index in [4.69, 9.17) is 5.11 Å². The van der Waals surface area contributed by atoms with E-state index in [1.165, 1.54) is 7.05 Å². The standard InChI is InChI=1S/C11H9F2NO3/c1-14-9(15)4-7(11(16)17)6-2-5(12)3-8(13)10(6)14/h2-3,7H,4H2,1H3,(H,16,17)/t7-/m1/s1. The fourth-order valence-corrected chi connectivity index (χ4v) is 1.97. The molecule has 1 atom stereocenters. The molecule has 0 aromatic heterocycles. The zero-order chi connectivity index (χ0) is 12.7. The van der Waals surface area contributed by atoms with Crippen LogP contribution in [0.25, 0.3) is 0 Å². The molecule has 1 aliphatic rings. The summed E-state index contributed by atoms with van der Waals surface area (Å²) in [6.45, 7) is 0. The Bertz CT molecular complexity index is 516. The Hall–Kier alpha value is -1.98. The molecule has 0 spiro atoms. The van der Waals surface area contributed by atoms with Crippen LogP contribution in [0.1, 0.15) is 17.9 Å². The van der Waals surface area contributed by atoms with E-state index in [1.54, 1.807) is 0 Å². The lowest BCUT2D eigenvalue weighted by molar-refractivity contribution is -0.140. The average molecular weight is 241 g/mol. The van der Waals surface area contributed by atoms with Crippen LogP contribution in [0, 0.1) is 11.6 Å². The highest BCUT2D eigenvalue weighted by atomic mass is 19.1. The Morgan fingerprint density at radius 1 is 1.47 bits per heavy atom. The quantitative estimate of drug-likeness (QED) is 0.810. The molecule has 0 fully saturated rings. The molecule has 4 nitrogen and oxygen atoms in total. The summed E-state index contributed by atoms with van der Waals surface area (Å²) in [4.78, 5) is 23.5. The van der Waals surface area contributed by atoms with Crippen LogP contribution >= 0.6 is 0 Å². The van der Waals surface area contributed by atoms with Gasteiger partial charge in [0.1, 0.15) is 11.6 Å². The fraction of sp³-hybridized carbons (Fsp3) is 0.273. The Morgan fingerprint density at radius 3 is 2.71 bits per heavy atom. The molecule has 0 saturated carbocycles. The number of benzene rings is 1. The van der Waals surface area contributed by atoms with Gasteiger partial charge in [-0.25, -0.2) is 8.78 Å². The Morgan fingerprint density at radius 2 is 2.12 bits per heavy atom. The summed E-state index contributed by atoms with van der Waals surface area (Å²) in [5, 5.41) is 8.96. The largest absolute Gasteiger partial charge is 0.481 e. The van der Waals surface area contributed by atoms with Gasteiger partial charge in [0.05, 0.1) is 11.6 Å². The molecule has 0 saturated heterocycles. The van der Waals surface area contributed by atoms with E-state index in [0.29, 0.717) is 6.07 Å². The minimum Gasteiger partial charge on any atom is -0.481 e. The van der Waals surface area contributed by atoms with Crippen LogP contribution in [0.4, 0.5) is 14.5 Å². The molecule has 0 radical (unpaired) electrons. The number of carbonyl (C=O) groups is 2. The predicted molar refractivity (Wildman–Crippen MR) is 54.8 cm³/mol. The number of carboxylic acids is 1. The number of rotatable bonds is 1. The van der Waals surface area contributed by atoms with E-state index in [2.05, 4.69) is 0 Å². The van der Waals surface area contributed by atoms with Gasteiger partial charge in [0.2, 0.25) is 5.91 Å². The summed E-state index contributed by atoms with van der Waals surface area (Å²) in [7, 11) is 1.33. The maximum atomic E-state index is 13.6. The number of amides is 1. The summed E-state index contributed by atoms with van der Waals surface area (Å²) in [5.74, 6) is -4.75. The van der Waals surface area contributed by atoms with Gasteiger partial charge in [-0.1, -0.05) is 0 Å². The molecule has 17 heavy (non-hydrogen) atoms. The van der Waals surface area contributed by atoms with Gasteiger partial charge in [0.15, 0.2) is 0 Å². The molecule has 0 aliphatic carbocycles. The lowest BCUT2D eigenvalue weighted by Crippen LogP contribution is -2.36. The van der Waals surface area contributed by atoms with E-state index >= 15 is 0 Å². The topological polar surface area (TPSA) is 57.6 Å². The van der Waals surface area contributed by atoms with Crippen LogP contribution < -0.4 is 4.90 Å². The highest BCUT2D eigenvalue weighted by Gasteiger charge is 2.36. The monoisotopic (exact) mass is 241 g/mol. The molecule has 1 aromatic rings. The molecule has 1 amide bonds. The first-order valence-electron chi connectivity index (χ1n) is 4.90. The molecule has 1 aliphatic heterocycles. The Balaban J connectivity index is 2.68. The van der Waals surface area contributed by atoms with Crippen molar-refractivity contribution in [2.45, 2.75) is 12.3 Å². The second kappa shape index (κ2) is 3.80. The molecule has 1 aromatic carbocycles. The zero-order valence-electron chi connectivity index (χ0n) is 8.91. The number of aliphatic carboxylic acids is 1. The molecular weight excluding hydrogens is 232 g/mol. The number of nitrogens with zero attached hydrogens (tertiary/aromatic N) is 1. The van der Waals surface area contributed by atoms with Crippen LogP contribution in [0.2, 0.25) is 0 Å². The SMILES string of the molecule is CN1C(=O)C[C@@H](C(=O)O)c2cc(F)cc(F)c21. The van der Waals surface area contributed by atoms with Crippen molar-refractivity contribution in [1.29, 1.82) is 0 Å². The van der Waals surface area contributed by atoms with Gasteiger partial charge in [0, 0.05) is 19.5 Å². The first kappa shape index (κ1) is 11.5. The average Bonchev–Trinajstić information content (AvgIpc) is 2.21. The van der Waals surface area contributed by atoms with Gasteiger partial charge < -0.3 is 10.0 Å². The molecule has 1 N–H and O–H groups in total. The van der Waals surface area contributed by atoms with Crippen LogP contribution in [0.15, 0.2) is 12.1 Å². The highest BCUT2D eigenvalue weighted by Crippen LogP contribution is 2.37. The maximum Gasteiger partial charge on any atom is 0.311 e. The van der Waals surface area contributed by atoms with Crippen molar-refractivity contribution in [3.8, 4) is 0 Å². The molecular formula is C11H9F2NO3. The molecule has 90 valence electrons. The van der Waals surface area contributed by atoms with Crippen molar-refractivity contribution < 1.29 is 23.5 Å². The van der Waals surface area contributed by atoms with Gasteiger partial charge in [-0.3, -0.25) is 9.59 Å². The summed E-state index contributed by atoms with van der Waals surface area (Å²) in [6.07, 6.45) is -0.290. The second-order valence-electron chi connectivity index (χ2n) is 3.87. The van der Waals surface area contributed by atoms with E-state index in [9.17, 15) is 18.4 Å². The minimum absolute atomic E-state index is 0.00269. The first-order valence-corrected chi connectivity index (χ1v) is 4.90. The van der Waals surface area contributed by atoms with E-state index in [1.807, 2.05) is 0 Å². The smallest absolute Gasteiger partial charge is 0.311 e. The normalized spacial score (nSPS) is 19.1. The van der Waals surface area contributed by atoms with Gasteiger partial charge in [-0.15, -0.1) is 0 Å². The summed E-state index contributed by atoms with van der Waals surface area (Å²) < 4.78 is 26.6. The maximum absolute atomic E-state index is 13.6. The van der Waals surface area contributed by atoms with Crippen LogP contribution in [-0.4, -0.2) is 24.0 Å².